The van der Waals surface area contributed by atoms with Gasteiger partial charge in [0.1, 0.15) is 5.82 Å². The van der Waals surface area contributed by atoms with E-state index in [-0.39, 0.29) is 11.4 Å². The summed E-state index contributed by atoms with van der Waals surface area (Å²) < 4.78 is 15.5. The van der Waals surface area contributed by atoms with Gasteiger partial charge >= 0.3 is 5.97 Å². The number of halogens is 2. The lowest BCUT2D eigenvalue weighted by molar-refractivity contribution is 0.0687. The number of imidazole rings is 1. The summed E-state index contributed by atoms with van der Waals surface area (Å²) in [6, 6.07) is 12.1. The van der Waals surface area contributed by atoms with Crippen LogP contribution in [0.1, 0.15) is 28.5 Å². The first-order valence-corrected chi connectivity index (χ1v) is 9.33. The highest BCUT2D eigenvalue weighted by atomic mass is 35.5. The normalized spacial score (nSPS) is 10.9. The van der Waals surface area contributed by atoms with Crippen molar-refractivity contribution in [3.05, 3.63) is 76.3 Å². The van der Waals surface area contributed by atoms with Crippen LogP contribution in [0.5, 0.6) is 0 Å². The molecule has 0 atom stereocenters. The van der Waals surface area contributed by atoms with Crippen LogP contribution in [0.2, 0.25) is 5.02 Å². The highest BCUT2D eigenvalue weighted by Crippen LogP contribution is 2.30. The minimum Gasteiger partial charge on any atom is -0.477 e. The van der Waals surface area contributed by atoms with Crippen LogP contribution < -0.4 is 0 Å². The Morgan fingerprint density at radius 1 is 1.27 bits per heavy atom. The molecular formula is C19H16ClFN2O2S. The first-order chi connectivity index (χ1) is 12.5. The number of rotatable bonds is 6. The summed E-state index contributed by atoms with van der Waals surface area (Å²) in [5.74, 6) is -1.23. The van der Waals surface area contributed by atoms with E-state index in [1.807, 2.05) is 31.2 Å². The average molecular weight is 391 g/mol. The molecule has 0 radical (unpaired) electrons. The van der Waals surface area contributed by atoms with Crippen LogP contribution in [0, 0.1) is 5.82 Å². The molecule has 0 aliphatic carbocycles. The summed E-state index contributed by atoms with van der Waals surface area (Å²) in [6.45, 7) is 2.05. The van der Waals surface area contributed by atoms with Gasteiger partial charge in [-0.3, -0.25) is 4.57 Å². The fourth-order valence-corrected chi connectivity index (χ4v) is 3.86. The number of benzene rings is 2. The molecule has 4 nitrogen and oxygen atoms in total. The van der Waals surface area contributed by atoms with Gasteiger partial charge in [0.2, 0.25) is 0 Å². The summed E-state index contributed by atoms with van der Waals surface area (Å²) in [4.78, 5) is 15.8. The van der Waals surface area contributed by atoms with Gasteiger partial charge in [0.15, 0.2) is 10.9 Å². The molecule has 1 heterocycles. The third-order valence-corrected chi connectivity index (χ3v) is 5.29. The molecule has 3 aromatic rings. The molecule has 0 spiro atoms. The largest absolute Gasteiger partial charge is 0.477 e. The van der Waals surface area contributed by atoms with Crippen LogP contribution in [0.3, 0.4) is 0 Å². The molecule has 134 valence electrons. The molecule has 0 saturated heterocycles. The van der Waals surface area contributed by atoms with Crippen molar-refractivity contribution in [1.82, 2.24) is 9.55 Å². The number of thioether (sulfide) groups is 1. The predicted octanol–water partition coefficient (Wildman–Crippen LogP) is 5.22. The quantitative estimate of drug-likeness (QED) is 0.586. The molecule has 0 amide bonds. The molecule has 0 bridgehead atoms. The lowest BCUT2D eigenvalue weighted by Crippen LogP contribution is -2.07. The molecular weight excluding hydrogens is 375 g/mol. The Hall–Kier alpha value is -2.31. The minimum atomic E-state index is -1.08. The Morgan fingerprint density at radius 3 is 2.62 bits per heavy atom. The maximum absolute atomic E-state index is 14.0. The minimum absolute atomic E-state index is 0.0522. The number of hydrogen-bond acceptors (Lipinski definition) is 3. The van der Waals surface area contributed by atoms with Crippen LogP contribution in [-0.2, 0) is 12.2 Å². The number of hydrogen-bond donors (Lipinski definition) is 1. The number of carbonyl (C=O) groups is 1. The molecule has 2 aromatic carbocycles. The highest BCUT2D eigenvalue weighted by molar-refractivity contribution is 7.98. The molecule has 0 aliphatic rings. The van der Waals surface area contributed by atoms with Gasteiger partial charge in [-0.05, 0) is 36.2 Å². The fourth-order valence-electron chi connectivity index (χ4n) is 2.52. The second-order valence-corrected chi connectivity index (χ2v) is 6.93. The van der Waals surface area contributed by atoms with Crippen LogP contribution in [0.4, 0.5) is 4.39 Å². The van der Waals surface area contributed by atoms with Crippen LogP contribution in [0.25, 0.3) is 5.69 Å². The first-order valence-electron chi connectivity index (χ1n) is 7.97. The monoisotopic (exact) mass is 390 g/mol. The van der Waals surface area contributed by atoms with Gasteiger partial charge in [0.05, 0.1) is 6.20 Å². The second-order valence-electron chi connectivity index (χ2n) is 5.58. The van der Waals surface area contributed by atoms with Crippen molar-refractivity contribution in [2.45, 2.75) is 24.3 Å². The maximum Gasteiger partial charge on any atom is 0.354 e. The Labute approximate surface area is 159 Å². The number of carboxylic acid groups (broad SMARTS) is 1. The van der Waals surface area contributed by atoms with E-state index >= 15 is 0 Å². The summed E-state index contributed by atoms with van der Waals surface area (Å²) in [5, 5.41) is 10.3. The molecule has 7 heteroatoms. The van der Waals surface area contributed by atoms with Gasteiger partial charge in [0.25, 0.3) is 0 Å². The van der Waals surface area contributed by atoms with Gasteiger partial charge in [-0.2, -0.15) is 0 Å². The van der Waals surface area contributed by atoms with E-state index in [1.165, 1.54) is 24.0 Å². The lowest BCUT2D eigenvalue weighted by Gasteiger charge is -2.11. The number of aromatic carboxylic acids is 1. The van der Waals surface area contributed by atoms with Crippen LogP contribution in [0.15, 0.2) is 53.8 Å². The summed E-state index contributed by atoms with van der Waals surface area (Å²) in [7, 11) is 0. The van der Waals surface area contributed by atoms with Gasteiger partial charge in [-0.1, -0.05) is 48.5 Å². The van der Waals surface area contributed by atoms with E-state index in [9.17, 15) is 14.3 Å². The highest BCUT2D eigenvalue weighted by Gasteiger charge is 2.18. The van der Waals surface area contributed by atoms with Crippen molar-refractivity contribution >= 4 is 29.3 Å². The molecule has 0 aliphatic heterocycles. The zero-order chi connectivity index (χ0) is 18.7. The number of aryl methyl sites for hydroxylation is 1. The molecule has 0 saturated carbocycles. The molecule has 3 rings (SSSR count). The van der Waals surface area contributed by atoms with Gasteiger partial charge in [-0.25, -0.2) is 14.2 Å². The molecule has 0 unspecified atom stereocenters. The molecule has 26 heavy (non-hydrogen) atoms. The number of aromatic nitrogens is 2. The van der Waals surface area contributed by atoms with E-state index in [1.54, 1.807) is 16.7 Å². The Morgan fingerprint density at radius 2 is 2.00 bits per heavy atom. The van der Waals surface area contributed by atoms with Crippen LogP contribution >= 0.6 is 23.4 Å². The van der Waals surface area contributed by atoms with E-state index in [2.05, 4.69) is 4.98 Å². The fraction of sp³-hybridized carbons (Fsp3) is 0.158. The molecule has 1 aromatic heterocycles. The topological polar surface area (TPSA) is 55.1 Å². The third kappa shape index (κ3) is 3.76. The lowest BCUT2D eigenvalue weighted by atomic mass is 10.1. The molecule has 0 fully saturated rings. The van der Waals surface area contributed by atoms with E-state index in [0.29, 0.717) is 21.4 Å². The van der Waals surface area contributed by atoms with Crippen LogP contribution in [-0.4, -0.2) is 20.6 Å². The summed E-state index contributed by atoms with van der Waals surface area (Å²) >= 11 is 7.30. The summed E-state index contributed by atoms with van der Waals surface area (Å²) in [6.07, 6.45) is 2.20. The summed E-state index contributed by atoms with van der Waals surface area (Å²) in [5.41, 5.74) is 2.26. The standard InChI is InChI=1S/C19H16ClFN2O2S/c1-2-12-6-8-13(9-7-12)23-17(18(24)25)10-22-19(23)26-11-14-15(20)4-3-5-16(14)21/h3-10H,2,11H2,1H3,(H,24,25). The predicted molar refractivity (Wildman–Crippen MR) is 101 cm³/mol. The second kappa shape index (κ2) is 7.93. The Kier molecular flexibility index (Phi) is 5.64. The third-order valence-electron chi connectivity index (χ3n) is 3.96. The SMILES string of the molecule is CCc1ccc(-n2c(C(=O)O)cnc2SCc2c(F)cccc2Cl)cc1. The van der Waals surface area contributed by atoms with Crippen molar-refractivity contribution in [2.75, 3.05) is 0 Å². The van der Waals surface area contributed by atoms with Gasteiger partial charge in [-0.15, -0.1) is 0 Å². The van der Waals surface area contributed by atoms with Gasteiger partial charge in [0, 0.05) is 22.0 Å². The average Bonchev–Trinajstić information content (AvgIpc) is 3.05. The number of nitrogens with zero attached hydrogens (tertiary/aromatic N) is 2. The van der Waals surface area contributed by atoms with E-state index in [0.717, 1.165) is 12.0 Å². The van der Waals surface area contributed by atoms with E-state index < -0.39 is 11.8 Å². The van der Waals surface area contributed by atoms with Crippen molar-refractivity contribution in [2.24, 2.45) is 0 Å². The van der Waals surface area contributed by atoms with E-state index in [4.69, 9.17) is 11.6 Å². The zero-order valence-electron chi connectivity index (χ0n) is 13.9. The zero-order valence-corrected chi connectivity index (χ0v) is 15.5. The smallest absolute Gasteiger partial charge is 0.354 e. The maximum atomic E-state index is 14.0. The van der Waals surface area contributed by atoms with Crippen molar-refractivity contribution < 1.29 is 14.3 Å². The number of carboxylic acids is 1. The van der Waals surface area contributed by atoms with Crippen molar-refractivity contribution in [3.63, 3.8) is 0 Å². The van der Waals surface area contributed by atoms with Crippen molar-refractivity contribution in [3.8, 4) is 5.69 Å². The van der Waals surface area contributed by atoms with Crippen molar-refractivity contribution in [1.29, 1.82) is 0 Å². The Balaban J connectivity index is 1.96. The molecule has 1 N–H and O–H groups in total. The first kappa shape index (κ1) is 18.5. The van der Waals surface area contributed by atoms with Gasteiger partial charge < -0.3 is 5.11 Å². The Bertz CT molecular complexity index is 921.